The zero-order valence-corrected chi connectivity index (χ0v) is 16.0. The summed E-state index contributed by atoms with van der Waals surface area (Å²) in [5.74, 6) is -1.98. The maximum absolute atomic E-state index is 12.4. The van der Waals surface area contributed by atoms with Crippen LogP contribution in [-0.2, 0) is 23.8 Å². The second kappa shape index (κ2) is 7.37. The van der Waals surface area contributed by atoms with Crippen LogP contribution < -0.4 is 0 Å². The fraction of sp³-hybridized carbons (Fsp3) is 0.700. The van der Waals surface area contributed by atoms with E-state index in [2.05, 4.69) is 6.58 Å². The van der Waals surface area contributed by atoms with E-state index in [9.17, 15) is 19.8 Å². The minimum absolute atomic E-state index is 0.187. The van der Waals surface area contributed by atoms with Gasteiger partial charge in [-0.3, -0.25) is 0 Å². The summed E-state index contributed by atoms with van der Waals surface area (Å²) in [5, 5.41) is 20.2. The molecule has 2 unspecified atom stereocenters. The molecule has 2 heterocycles. The Labute approximate surface area is 159 Å². The zero-order chi connectivity index (χ0) is 19.9. The van der Waals surface area contributed by atoms with E-state index in [-0.39, 0.29) is 24.7 Å². The Morgan fingerprint density at radius 3 is 2.78 bits per heavy atom. The van der Waals surface area contributed by atoms with Crippen molar-refractivity contribution < 1.29 is 34.0 Å². The van der Waals surface area contributed by atoms with Crippen molar-refractivity contribution in [2.24, 2.45) is 11.8 Å². The largest absolute Gasteiger partial charge is 0.458 e. The number of fused-ring (bicyclic) bond motifs is 2. The predicted octanol–water partition coefficient (Wildman–Crippen LogP) is 1.27. The van der Waals surface area contributed by atoms with Gasteiger partial charge in [0.15, 0.2) is 0 Å². The van der Waals surface area contributed by atoms with Crippen LogP contribution in [0.1, 0.15) is 40.0 Å². The van der Waals surface area contributed by atoms with Gasteiger partial charge in [-0.2, -0.15) is 0 Å². The highest BCUT2D eigenvalue weighted by Crippen LogP contribution is 2.48. The highest BCUT2D eigenvalue weighted by molar-refractivity contribution is 5.91. The van der Waals surface area contributed by atoms with Crippen molar-refractivity contribution in [1.29, 1.82) is 0 Å². The van der Waals surface area contributed by atoms with Gasteiger partial charge in [-0.05, 0) is 27.2 Å². The number of hydrogen-bond donors (Lipinski definition) is 2. The monoisotopic (exact) mass is 380 g/mol. The minimum Gasteiger partial charge on any atom is -0.458 e. The first-order valence-corrected chi connectivity index (χ1v) is 9.40. The number of aliphatic hydroxyl groups excluding tert-OH is 2. The predicted molar refractivity (Wildman–Crippen MR) is 95.5 cm³/mol. The van der Waals surface area contributed by atoms with Crippen molar-refractivity contribution in [1.82, 2.24) is 0 Å². The molecule has 27 heavy (non-hydrogen) atoms. The molecule has 2 N–H and O–H groups in total. The molecular formula is C20H28O7. The molecule has 2 saturated heterocycles. The maximum atomic E-state index is 12.4. The third kappa shape index (κ3) is 3.81. The summed E-state index contributed by atoms with van der Waals surface area (Å²) >= 11 is 0. The number of rotatable bonds is 3. The van der Waals surface area contributed by atoms with Gasteiger partial charge in [-0.15, -0.1) is 0 Å². The lowest BCUT2D eigenvalue weighted by molar-refractivity contribution is -0.150. The molecule has 0 amide bonds. The van der Waals surface area contributed by atoms with Gasteiger partial charge in [-0.25, -0.2) is 9.59 Å². The van der Waals surface area contributed by atoms with Crippen molar-refractivity contribution in [2.45, 2.75) is 70.1 Å². The van der Waals surface area contributed by atoms with Crippen molar-refractivity contribution in [3.63, 3.8) is 0 Å². The van der Waals surface area contributed by atoms with Crippen LogP contribution in [0.3, 0.4) is 0 Å². The summed E-state index contributed by atoms with van der Waals surface area (Å²) in [5.41, 5.74) is 0.161. The quantitative estimate of drug-likeness (QED) is 0.431. The molecule has 0 aromatic heterocycles. The minimum atomic E-state index is -0.764. The number of esters is 2. The summed E-state index contributed by atoms with van der Waals surface area (Å²) in [6.07, 6.45) is 0.499. The molecule has 150 valence electrons. The van der Waals surface area contributed by atoms with E-state index in [1.165, 1.54) is 0 Å². The first-order valence-electron chi connectivity index (χ1n) is 9.40. The van der Waals surface area contributed by atoms with Gasteiger partial charge in [0.1, 0.15) is 12.2 Å². The molecule has 0 aromatic rings. The van der Waals surface area contributed by atoms with E-state index >= 15 is 0 Å². The van der Waals surface area contributed by atoms with Gasteiger partial charge in [0.2, 0.25) is 0 Å². The van der Waals surface area contributed by atoms with Crippen LogP contribution in [0.15, 0.2) is 23.8 Å². The zero-order valence-electron chi connectivity index (χ0n) is 16.0. The summed E-state index contributed by atoms with van der Waals surface area (Å²) in [6, 6.07) is 0. The lowest BCUT2D eigenvalue weighted by atomic mass is 9.78. The van der Waals surface area contributed by atoms with Crippen LogP contribution in [0.4, 0.5) is 0 Å². The van der Waals surface area contributed by atoms with Crippen molar-refractivity contribution >= 4 is 11.9 Å². The normalized spacial score (nSPS) is 42.0. The number of allylic oxidation sites excluding steroid dienone is 1. The average molecular weight is 380 g/mol. The molecule has 1 aliphatic carbocycles. The van der Waals surface area contributed by atoms with Gasteiger partial charge < -0.3 is 24.4 Å². The Bertz CT molecular complexity index is 669. The SMILES string of the molecule is C=C1C(=O)O[C@@H]2C[C@@H](CO)C(O)C[C@H]3O[C@]3(C)CC(OC(=O)/C(C)=C\C)[C@@H]12. The molecule has 7 atom stereocenters. The van der Waals surface area contributed by atoms with E-state index in [0.29, 0.717) is 18.4 Å². The van der Waals surface area contributed by atoms with Gasteiger partial charge in [-0.1, -0.05) is 12.7 Å². The molecule has 3 rings (SSSR count). The molecule has 0 spiro atoms. The smallest absolute Gasteiger partial charge is 0.334 e. The Kier molecular flexibility index (Phi) is 5.47. The van der Waals surface area contributed by atoms with E-state index < -0.39 is 47.7 Å². The molecule has 3 aliphatic rings. The lowest BCUT2D eigenvalue weighted by Crippen LogP contribution is -2.41. The third-order valence-electron chi connectivity index (χ3n) is 6.15. The van der Waals surface area contributed by atoms with E-state index in [1.54, 1.807) is 19.9 Å². The van der Waals surface area contributed by atoms with Gasteiger partial charge in [0, 0.05) is 36.5 Å². The van der Waals surface area contributed by atoms with E-state index in [4.69, 9.17) is 14.2 Å². The number of epoxide rings is 1. The van der Waals surface area contributed by atoms with E-state index in [1.807, 2.05) is 6.92 Å². The molecule has 0 aromatic carbocycles. The molecule has 0 radical (unpaired) electrons. The third-order valence-corrected chi connectivity index (χ3v) is 6.15. The standard InChI is InChI=1S/C20H28O7/c1-5-10(2)18(23)26-15-8-20(4)16(27-20)7-13(22)12(9-21)6-14-17(15)11(3)19(24)25-14/h5,12-17,21-22H,3,6-9H2,1-2,4H3/b10-5-/t12-,13?,14+,15?,16+,17-,20+/m0/s1. The number of carbonyl (C=O) groups excluding carboxylic acids is 2. The van der Waals surface area contributed by atoms with Crippen LogP contribution in [0.5, 0.6) is 0 Å². The molecule has 7 nitrogen and oxygen atoms in total. The Morgan fingerprint density at radius 2 is 2.15 bits per heavy atom. The summed E-state index contributed by atoms with van der Waals surface area (Å²) in [4.78, 5) is 24.6. The molecule has 7 heteroatoms. The van der Waals surface area contributed by atoms with Crippen molar-refractivity contribution in [3.8, 4) is 0 Å². The highest BCUT2D eigenvalue weighted by Gasteiger charge is 2.58. The first kappa shape index (κ1) is 20.0. The number of carbonyl (C=O) groups is 2. The molecular weight excluding hydrogens is 352 g/mol. The van der Waals surface area contributed by atoms with Crippen molar-refractivity contribution in [3.05, 3.63) is 23.8 Å². The summed E-state index contributed by atoms with van der Waals surface area (Å²) in [7, 11) is 0. The molecule has 0 bridgehead atoms. The van der Waals surface area contributed by atoms with Crippen LogP contribution in [0.2, 0.25) is 0 Å². The van der Waals surface area contributed by atoms with Gasteiger partial charge in [0.05, 0.1) is 23.7 Å². The van der Waals surface area contributed by atoms with Gasteiger partial charge >= 0.3 is 11.9 Å². The molecule has 3 fully saturated rings. The van der Waals surface area contributed by atoms with Crippen LogP contribution in [-0.4, -0.2) is 58.8 Å². The van der Waals surface area contributed by atoms with E-state index in [0.717, 1.165) is 0 Å². The second-order valence-corrected chi connectivity index (χ2v) is 8.01. The number of ether oxygens (including phenoxy) is 3. The lowest BCUT2D eigenvalue weighted by Gasteiger charge is -2.32. The van der Waals surface area contributed by atoms with Crippen LogP contribution >= 0.6 is 0 Å². The van der Waals surface area contributed by atoms with Crippen molar-refractivity contribution in [2.75, 3.05) is 6.61 Å². The van der Waals surface area contributed by atoms with Crippen LogP contribution in [0, 0.1) is 11.8 Å². The molecule has 2 aliphatic heterocycles. The Morgan fingerprint density at radius 1 is 1.44 bits per heavy atom. The first-order chi connectivity index (χ1) is 12.7. The highest BCUT2D eigenvalue weighted by atomic mass is 16.6. The second-order valence-electron chi connectivity index (χ2n) is 8.01. The number of aliphatic hydroxyl groups is 2. The fourth-order valence-corrected chi connectivity index (χ4v) is 4.13. The average Bonchev–Trinajstić information content (AvgIpc) is 3.15. The Balaban J connectivity index is 1.93. The summed E-state index contributed by atoms with van der Waals surface area (Å²) in [6.45, 7) is 8.94. The molecule has 1 saturated carbocycles. The number of hydrogen-bond acceptors (Lipinski definition) is 7. The Hall–Kier alpha value is -1.70. The maximum Gasteiger partial charge on any atom is 0.334 e. The fourth-order valence-electron chi connectivity index (χ4n) is 4.13. The van der Waals surface area contributed by atoms with Gasteiger partial charge in [0.25, 0.3) is 0 Å². The topological polar surface area (TPSA) is 106 Å². The summed E-state index contributed by atoms with van der Waals surface area (Å²) < 4.78 is 17.0. The van der Waals surface area contributed by atoms with Crippen LogP contribution in [0.25, 0.3) is 0 Å².